The molecule has 0 amide bonds. The quantitative estimate of drug-likeness (QED) is 0.563. The predicted molar refractivity (Wildman–Crippen MR) is 29.0 cm³/mol. The van der Waals surface area contributed by atoms with E-state index in [1.54, 1.807) is 13.3 Å². The Balaban J connectivity index is 2.84. The van der Waals surface area contributed by atoms with Gasteiger partial charge in [-0.25, -0.2) is 0 Å². The van der Waals surface area contributed by atoms with E-state index in [-0.39, 0.29) is 5.88 Å². The van der Waals surface area contributed by atoms with E-state index in [1.807, 2.05) is 0 Å². The van der Waals surface area contributed by atoms with Crippen LogP contribution >= 0.6 is 0 Å². The number of aromatic amines is 1. The van der Waals surface area contributed by atoms with Crippen LogP contribution in [0.3, 0.4) is 0 Å². The van der Waals surface area contributed by atoms with Crippen molar-refractivity contribution in [3.8, 4) is 11.6 Å². The average Bonchev–Trinajstić information content (AvgIpc) is 2.14. The number of nitrogens with one attached hydrogen (secondary N) is 1. The van der Waals surface area contributed by atoms with Crippen molar-refractivity contribution in [1.29, 1.82) is 0 Å². The largest absolute Gasteiger partial charge is 0.495 e. The van der Waals surface area contributed by atoms with Gasteiger partial charge in [0.05, 0.1) is 7.11 Å². The Morgan fingerprint density at radius 2 is 2.50 bits per heavy atom. The Morgan fingerprint density at radius 3 is 2.75 bits per heavy atom. The molecule has 0 unspecified atom stereocenters. The van der Waals surface area contributed by atoms with Crippen LogP contribution in [0.4, 0.5) is 0 Å². The van der Waals surface area contributed by atoms with Crippen LogP contribution in [0, 0.1) is 0 Å². The van der Waals surface area contributed by atoms with Gasteiger partial charge >= 0.3 is 0 Å². The highest BCUT2D eigenvalue weighted by Crippen LogP contribution is 2.14. The van der Waals surface area contributed by atoms with Crippen molar-refractivity contribution in [2.45, 2.75) is 0 Å². The van der Waals surface area contributed by atoms with Gasteiger partial charge < -0.3 is 14.8 Å². The van der Waals surface area contributed by atoms with E-state index in [4.69, 9.17) is 9.84 Å². The minimum Gasteiger partial charge on any atom is -0.495 e. The zero-order valence-electron chi connectivity index (χ0n) is 4.51. The summed E-state index contributed by atoms with van der Waals surface area (Å²) < 4.78 is 4.74. The molecule has 0 fully saturated rings. The Morgan fingerprint density at radius 1 is 1.75 bits per heavy atom. The van der Waals surface area contributed by atoms with Gasteiger partial charge in [0.25, 0.3) is 0 Å². The summed E-state index contributed by atoms with van der Waals surface area (Å²) in [5.74, 6) is 0.768. The number of hydrogen-bond donors (Lipinski definition) is 2. The van der Waals surface area contributed by atoms with Crippen LogP contribution in [0.5, 0.6) is 11.6 Å². The first-order valence-corrected chi connectivity index (χ1v) is 2.24. The fraction of sp³-hybridized carbons (Fsp3) is 0.200. The Labute approximate surface area is 46.9 Å². The standard InChI is InChI=1S/C5H7NO2/c1-8-4-2-5(7)6-3-4/h2-3,6-7H,1H3. The zero-order chi connectivity index (χ0) is 5.98. The highest BCUT2D eigenvalue weighted by Gasteiger charge is 1.91. The molecule has 3 heteroatoms. The van der Waals surface area contributed by atoms with Crippen LogP contribution in [0.25, 0.3) is 0 Å². The number of aromatic hydroxyl groups is 1. The van der Waals surface area contributed by atoms with Crippen LogP contribution in [0.1, 0.15) is 0 Å². The summed E-state index contributed by atoms with van der Waals surface area (Å²) in [5, 5.41) is 8.65. The number of methoxy groups -OCH3 is 1. The first-order chi connectivity index (χ1) is 3.83. The van der Waals surface area contributed by atoms with E-state index in [9.17, 15) is 0 Å². The molecule has 0 aliphatic carbocycles. The maximum atomic E-state index is 8.65. The molecule has 8 heavy (non-hydrogen) atoms. The molecular weight excluding hydrogens is 106 g/mol. The third-order valence-electron chi connectivity index (χ3n) is 0.877. The maximum absolute atomic E-state index is 8.65. The van der Waals surface area contributed by atoms with Crippen molar-refractivity contribution in [3.05, 3.63) is 12.3 Å². The lowest BCUT2D eigenvalue weighted by atomic mass is 10.6. The van der Waals surface area contributed by atoms with Crippen molar-refractivity contribution < 1.29 is 9.84 Å². The van der Waals surface area contributed by atoms with Crippen molar-refractivity contribution in [2.24, 2.45) is 0 Å². The third-order valence-corrected chi connectivity index (χ3v) is 0.877. The monoisotopic (exact) mass is 113 g/mol. The second kappa shape index (κ2) is 1.78. The molecule has 0 spiro atoms. The smallest absolute Gasteiger partial charge is 0.192 e. The molecule has 0 radical (unpaired) electrons. The molecule has 1 heterocycles. The van der Waals surface area contributed by atoms with E-state index >= 15 is 0 Å². The average molecular weight is 113 g/mol. The summed E-state index contributed by atoms with van der Waals surface area (Å²) in [5.41, 5.74) is 0. The van der Waals surface area contributed by atoms with Crippen LogP contribution in [0.15, 0.2) is 12.3 Å². The molecule has 0 saturated heterocycles. The first-order valence-electron chi connectivity index (χ1n) is 2.24. The van der Waals surface area contributed by atoms with Crippen molar-refractivity contribution in [3.63, 3.8) is 0 Å². The summed E-state index contributed by atoms with van der Waals surface area (Å²) in [6.07, 6.45) is 1.58. The second-order valence-corrected chi connectivity index (χ2v) is 1.42. The molecule has 1 aromatic rings. The summed E-state index contributed by atoms with van der Waals surface area (Å²) in [7, 11) is 1.54. The number of rotatable bonds is 1. The Kier molecular flexibility index (Phi) is 1.12. The van der Waals surface area contributed by atoms with Crippen molar-refractivity contribution in [2.75, 3.05) is 7.11 Å². The topological polar surface area (TPSA) is 45.2 Å². The van der Waals surface area contributed by atoms with Crippen LogP contribution in [0.2, 0.25) is 0 Å². The summed E-state index contributed by atoms with van der Waals surface area (Å²) in [4.78, 5) is 2.55. The molecule has 3 nitrogen and oxygen atoms in total. The SMILES string of the molecule is COc1c[nH]c(O)c1. The van der Waals surface area contributed by atoms with Gasteiger partial charge in [0.1, 0.15) is 5.75 Å². The molecule has 0 saturated carbocycles. The normalized spacial score (nSPS) is 9.12. The van der Waals surface area contributed by atoms with Crippen molar-refractivity contribution in [1.82, 2.24) is 4.98 Å². The number of H-pyrrole nitrogens is 1. The van der Waals surface area contributed by atoms with E-state index in [1.165, 1.54) is 6.07 Å². The predicted octanol–water partition coefficient (Wildman–Crippen LogP) is 0.729. The Hall–Kier alpha value is -1.12. The molecule has 0 atom stereocenters. The van der Waals surface area contributed by atoms with E-state index in [0.29, 0.717) is 5.75 Å². The zero-order valence-corrected chi connectivity index (χ0v) is 4.51. The van der Waals surface area contributed by atoms with Gasteiger partial charge in [-0.1, -0.05) is 0 Å². The minimum atomic E-state index is 0.127. The molecule has 0 bridgehead atoms. The minimum absolute atomic E-state index is 0.127. The van der Waals surface area contributed by atoms with Gasteiger partial charge in [-0.05, 0) is 0 Å². The molecule has 1 rings (SSSR count). The number of aromatic nitrogens is 1. The van der Waals surface area contributed by atoms with Gasteiger partial charge in [0.15, 0.2) is 5.88 Å². The molecule has 0 aromatic carbocycles. The first kappa shape index (κ1) is 5.03. The Bertz CT molecular complexity index is 171. The molecular formula is C5H7NO2. The number of ether oxygens (including phenoxy) is 1. The highest BCUT2D eigenvalue weighted by molar-refractivity contribution is 5.25. The lowest BCUT2D eigenvalue weighted by Crippen LogP contribution is -1.75. The molecule has 44 valence electrons. The molecule has 1 aromatic heterocycles. The lowest BCUT2D eigenvalue weighted by molar-refractivity contribution is 0.413. The van der Waals surface area contributed by atoms with Gasteiger partial charge in [0, 0.05) is 12.3 Å². The van der Waals surface area contributed by atoms with Crippen LogP contribution in [-0.4, -0.2) is 17.2 Å². The van der Waals surface area contributed by atoms with E-state index in [2.05, 4.69) is 4.98 Å². The van der Waals surface area contributed by atoms with E-state index < -0.39 is 0 Å². The summed E-state index contributed by atoms with van der Waals surface area (Å²) in [6.45, 7) is 0. The van der Waals surface area contributed by atoms with Crippen LogP contribution < -0.4 is 4.74 Å². The van der Waals surface area contributed by atoms with Gasteiger partial charge in [-0.2, -0.15) is 0 Å². The van der Waals surface area contributed by atoms with Gasteiger partial charge in [-0.15, -0.1) is 0 Å². The molecule has 2 N–H and O–H groups in total. The number of hydrogen-bond acceptors (Lipinski definition) is 2. The van der Waals surface area contributed by atoms with Gasteiger partial charge in [0.2, 0.25) is 0 Å². The highest BCUT2D eigenvalue weighted by atomic mass is 16.5. The molecule has 0 aliphatic heterocycles. The fourth-order valence-corrected chi connectivity index (χ4v) is 0.481. The summed E-state index contributed by atoms with van der Waals surface area (Å²) in [6, 6.07) is 1.50. The molecule has 0 aliphatic rings. The van der Waals surface area contributed by atoms with Crippen molar-refractivity contribution >= 4 is 0 Å². The van der Waals surface area contributed by atoms with Gasteiger partial charge in [-0.3, -0.25) is 0 Å². The summed E-state index contributed by atoms with van der Waals surface area (Å²) >= 11 is 0. The maximum Gasteiger partial charge on any atom is 0.192 e. The van der Waals surface area contributed by atoms with E-state index in [0.717, 1.165) is 0 Å². The third kappa shape index (κ3) is 0.753. The van der Waals surface area contributed by atoms with Crippen LogP contribution in [-0.2, 0) is 0 Å². The fourth-order valence-electron chi connectivity index (χ4n) is 0.481. The second-order valence-electron chi connectivity index (χ2n) is 1.42. The lowest BCUT2D eigenvalue weighted by Gasteiger charge is -1.86.